The maximum Gasteiger partial charge on any atom is 0.312 e. The van der Waals surface area contributed by atoms with Gasteiger partial charge in [0.1, 0.15) is 0 Å². The molecular formula is C17H19NO2. The second-order valence-electron chi connectivity index (χ2n) is 4.84. The largest absolute Gasteiger partial charge is 0.481 e. The highest BCUT2D eigenvalue weighted by Gasteiger charge is 2.20. The first-order chi connectivity index (χ1) is 9.68. The van der Waals surface area contributed by atoms with Gasteiger partial charge in [0.05, 0.1) is 5.92 Å². The lowest BCUT2D eigenvalue weighted by atomic mass is 9.98. The van der Waals surface area contributed by atoms with Crippen LogP contribution in [0.25, 0.3) is 0 Å². The average Bonchev–Trinajstić information content (AvgIpc) is 2.49. The zero-order valence-corrected chi connectivity index (χ0v) is 11.5. The molecule has 0 aromatic heterocycles. The average molecular weight is 269 g/mol. The lowest BCUT2D eigenvalue weighted by Gasteiger charge is -2.18. The quantitative estimate of drug-likeness (QED) is 0.846. The van der Waals surface area contributed by atoms with Gasteiger partial charge in [0, 0.05) is 12.6 Å². The molecule has 104 valence electrons. The summed E-state index contributed by atoms with van der Waals surface area (Å²) in [6.07, 6.45) is 0. The first-order valence-corrected chi connectivity index (χ1v) is 6.74. The van der Waals surface area contributed by atoms with E-state index in [0.29, 0.717) is 6.54 Å². The molecule has 0 heterocycles. The summed E-state index contributed by atoms with van der Waals surface area (Å²) in [5.41, 5.74) is 1.98. The highest BCUT2D eigenvalue weighted by molar-refractivity contribution is 5.76. The van der Waals surface area contributed by atoms with Crippen LogP contribution in [0.5, 0.6) is 0 Å². The van der Waals surface area contributed by atoms with Crippen molar-refractivity contribution in [3.63, 3.8) is 0 Å². The third kappa shape index (κ3) is 3.68. The standard InChI is InChI=1S/C17H19NO2/c1-13(14-8-4-2-5-9-14)18-12-16(17(19)20)15-10-6-3-7-11-15/h2-11,13,16,18H,12H2,1H3,(H,19,20)/t13-,16?/m0/s1. The van der Waals surface area contributed by atoms with E-state index in [1.807, 2.05) is 67.6 Å². The summed E-state index contributed by atoms with van der Waals surface area (Å²) in [7, 11) is 0. The van der Waals surface area contributed by atoms with Gasteiger partial charge >= 0.3 is 5.97 Å². The molecular weight excluding hydrogens is 250 g/mol. The minimum Gasteiger partial charge on any atom is -0.481 e. The fraction of sp³-hybridized carbons (Fsp3) is 0.235. The molecule has 0 saturated heterocycles. The van der Waals surface area contributed by atoms with Gasteiger partial charge in [-0.3, -0.25) is 4.79 Å². The van der Waals surface area contributed by atoms with E-state index in [0.717, 1.165) is 11.1 Å². The topological polar surface area (TPSA) is 49.3 Å². The number of hydrogen-bond acceptors (Lipinski definition) is 2. The Labute approximate surface area is 119 Å². The molecule has 2 aromatic rings. The van der Waals surface area contributed by atoms with Crippen LogP contribution in [0.4, 0.5) is 0 Å². The number of benzene rings is 2. The molecule has 0 bridgehead atoms. The van der Waals surface area contributed by atoms with E-state index in [4.69, 9.17) is 0 Å². The molecule has 1 unspecified atom stereocenters. The number of carbonyl (C=O) groups is 1. The summed E-state index contributed by atoms with van der Waals surface area (Å²) in [6.45, 7) is 2.45. The zero-order chi connectivity index (χ0) is 14.4. The maximum absolute atomic E-state index is 11.4. The predicted octanol–water partition coefficient (Wildman–Crippen LogP) is 3.21. The third-order valence-corrected chi connectivity index (χ3v) is 3.43. The number of hydrogen-bond donors (Lipinski definition) is 2. The van der Waals surface area contributed by atoms with Crippen LogP contribution in [-0.2, 0) is 4.79 Å². The van der Waals surface area contributed by atoms with Crippen LogP contribution in [0, 0.1) is 0 Å². The van der Waals surface area contributed by atoms with E-state index >= 15 is 0 Å². The molecule has 0 amide bonds. The predicted molar refractivity (Wildman–Crippen MR) is 79.7 cm³/mol. The first kappa shape index (κ1) is 14.3. The zero-order valence-electron chi connectivity index (χ0n) is 11.5. The number of carboxylic acids is 1. The van der Waals surface area contributed by atoms with E-state index in [2.05, 4.69) is 5.32 Å². The Morgan fingerprint density at radius 3 is 2.00 bits per heavy atom. The lowest BCUT2D eigenvalue weighted by molar-refractivity contribution is -0.138. The highest BCUT2D eigenvalue weighted by Crippen LogP contribution is 2.17. The van der Waals surface area contributed by atoms with Gasteiger partial charge in [0.25, 0.3) is 0 Å². The van der Waals surface area contributed by atoms with E-state index in [-0.39, 0.29) is 6.04 Å². The summed E-state index contributed by atoms with van der Waals surface area (Å²) in [5.74, 6) is -1.33. The number of nitrogens with one attached hydrogen (secondary N) is 1. The molecule has 0 aliphatic heterocycles. The second kappa shape index (κ2) is 6.87. The van der Waals surface area contributed by atoms with E-state index in [1.54, 1.807) is 0 Å². The van der Waals surface area contributed by atoms with Gasteiger partial charge in [-0.2, -0.15) is 0 Å². The number of rotatable bonds is 6. The summed E-state index contributed by atoms with van der Waals surface area (Å²) in [6, 6.07) is 19.5. The normalized spacial score (nSPS) is 13.7. The fourth-order valence-electron chi connectivity index (χ4n) is 2.19. The van der Waals surface area contributed by atoms with Gasteiger partial charge in [0.2, 0.25) is 0 Å². The summed E-state index contributed by atoms with van der Waals surface area (Å²) in [5, 5.41) is 12.7. The van der Waals surface area contributed by atoms with Crippen molar-refractivity contribution in [1.29, 1.82) is 0 Å². The van der Waals surface area contributed by atoms with Crippen molar-refractivity contribution in [3.05, 3.63) is 71.8 Å². The molecule has 2 N–H and O–H groups in total. The summed E-state index contributed by atoms with van der Waals surface area (Å²) < 4.78 is 0. The molecule has 0 aliphatic rings. The van der Waals surface area contributed by atoms with Crippen molar-refractivity contribution >= 4 is 5.97 Å². The van der Waals surface area contributed by atoms with Crippen LogP contribution >= 0.6 is 0 Å². The molecule has 0 spiro atoms. The second-order valence-corrected chi connectivity index (χ2v) is 4.84. The van der Waals surface area contributed by atoms with Gasteiger partial charge in [-0.1, -0.05) is 60.7 Å². The van der Waals surface area contributed by atoms with E-state index < -0.39 is 11.9 Å². The number of aliphatic carboxylic acids is 1. The van der Waals surface area contributed by atoms with Gasteiger partial charge in [-0.05, 0) is 18.1 Å². The van der Waals surface area contributed by atoms with Crippen LogP contribution in [-0.4, -0.2) is 17.6 Å². The van der Waals surface area contributed by atoms with Crippen molar-refractivity contribution in [1.82, 2.24) is 5.32 Å². The molecule has 0 aliphatic carbocycles. The van der Waals surface area contributed by atoms with Crippen LogP contribution in [0.15, 0.2) is 60.7 Å². The third-order valence-electron chi connectivity index (χ3n) is 3.43. The van der Waals surface area contributed by atoms with Crippen LogP contribution in [0.1, 0.15) is 30.0 Å². The van der Waals surface area contributed by atoms with Gasteiger partial charge in [-0.25, -0.2) is 0 Å². The Morgan fingerprint density at radius 1 is 1.00 bits per heavy atom. The lowest BCUT2D eigenvalue weighted by Crippen LogP contribution is -2.28. The van der Waals surface area contributed by atoms with Crippen LogP contribution in [0.2, 0.25) is 0 Å². The smallest absolute Gasteiger partial charge is 0.312 e. The van der Waals surface area contributed by atoms with Crippen molar-refractivity contribution in [2.45, 2.75) is 18.9 Å². The minimum absolute atomic E-state index is 0.127. The van der Waals surface area contributed by atoms with Crippen molar-refractivity contribution in [3.8, 4) is 0 Å². The minimum atomic E-state index is -0.802. The molecule has 20 heavy (non-hydrogen) atoms. The van der Waals surface area contributed by atoms with E-state index in [9.17, 15) is 9.90 Å². The fourth-order valence-corrected chi connectivity index (χ4v) is 2.19. The van der Waals surface area contributed by atoms with Crippen molar-refractivity contribution < 1.29 is 9.90 Å². The molecule has 2 rings (SSSR count). The van der Waals surface area contributed by atoms with Crippen LogP contribution in [0.3, 0.4) is 0 Å². The SMILES string of the molecule is C[C@H](NCC(C(=O)O)c1ccccc1)c1ccccc1. The van der Waals surface area contributed by atoms with Crippen molar-refractivity contribution in [2.75, 3.05) is 6.54 Å². The maximum atomic E-state index is 11.4. The summed E-state index contributed by atoms with van der Waals surface area (Å²) >= 11 is 0. The van der Waals surface area contributed by atoms with Gasteiger partial charge < -0.3 is 10.4 Å². The molecule has 2 aromatic carbocycles. The highest BCUT2D eigenvalue weighted by atomic mass is 16.4. The molecule has 0 fully saturated rings. The Kier molecular flexibility index (Phi) is 4.91. The molecule has 0 radical (unpaired) electrons. The first-order valence-electron chi connectivity index (χ1n) is 6.74. The monoisotopic (exact) mass is 269 g/mol. The Hall–Kier alpha value is -2.13. The molecule has 3 nitrogen and oxygen atoms in total. The summed E-state index contributed by atoms with van der Waals surface area (Å²) in [4.78, 5) is 11.4. The molecule has 3 heteroatoms. The number of carboxylic acid groups (broad SMARTS) is 1. The Balaban J connectivity index is 2.02. The van der Waals surface area contributed by atoms with Gasteiger partial charge in [-0.15, -0.1) is 0 Å². The van der Waals surface area contributed by atoms with Crippen molar-refractivity contribution in [2.24, 2.45) is 0 Å². The van der Waals surface area contributed by atoms with E-state index in [1.165, 1.54) is 0 Å². The Bertz CT molecular complexity index is 539. The molecule has 2 atom stereocenters. The molecule has 0 saturated carbocycles. The van der Waals surface area contributed by atoms with Crippen LogP contribution < -0.4 is 5.32 Å². The van der Waals surface area contributed by atoms with Gasteiger partial charge in [0.15, 0.2) is 0 Å². The Morgan fingerprint density at radius 2 is 1.50 bits per heavy atom.